The number of amides is 1. The van der Waals surface area contributed by atoms with Crippen LogP contribution in [0.2, 0.25) is 5.02 Å². The largest absolute Gasteiger partial charge is 0.333 e. The van der Waals surface area contributed by atoms with Crippen LogP contribution in [-0.4, -0.2) is 48.5 Å². The molecule has 2 unspecified atom stereocenters. The number of hydrogen-bond acceptors (Lipinski definition) is 6. The van der Waals surface area contributed by atoms with Gasteiger partial charge in [-0.25, -0.2) is 0 Å². The van der Waals surface area contributed by atoms with Crippen LogP contribution >= 0.6 is 11.6 Å². The average molecular weight is 453 g/mol. The lowest BCUT2D eigenvalue weighted by Crippen LogP contribution is -2.58. The van der Waals surface area contributed by atoms with Crippen molar-refractivity contribution in [2.24, 2.45) is 0 Å². The summed E-state index contributed by atoms with van der Waals surface area (Å²) >= 11 is 6.00. The predicted octanol–water partition coefficient (Wildman–Crippen LogP) is 2.87. The lowest BCUT2D eigenvalue weighted by atomic mass is 9.99. The van der Waals surface area contributed by atoms with E-state index in [0.29, 0.717) is 36.8 Å². The molecule has 1 aliphatic heterocycles. The Morgan fingerprint density at radius 1 is 1.12 bits per heavy atom. The molecular formula is C24H29ClN6O. The number of hydrogen-bond donors (Lipinski definition) is 4. The van der Waals surface area contributed by atoms with Crippen LogP contribution in [-0.2, 0) is 11.2 Å². The standard InChI is InChI=1S/C24H29ClN6O/c25-20-11-9-19(10-12-20)23(27)21(31-15-5-4-8-22(31)32)16-29-24(30-17-26)28-14-13-18-6-2-1-3-7-18/h1-3,6-7,9-12,21,24,27-30H,4-5,8,13-16H2. The van der Waals surface area contributed by atoms with Crippen molar-refractivity contribution in [3.63, 3.8) is 0 Å². The zero-order valence-electron chi connectivity index (χ0n) is 18.0. The van der Waals surface area contributed by atoms with E-state index in [9.17, 15) is 4.79 Å². The molecule has 0 bridgehead atoms. The van der Waals surface area contributed by atoms with Gasteiger partial charge in [0.25, 0.3) is 0 Å². The minimum absolute atomic E-state index is 0.0589. The maximum Gasteiger partial charge on any atom is 0.223 e. The molecule has 0 saturated carbocycles. The Balaban J connectivity index is 1.66. The number of nitrogens with zero attached hydrogens (tertiary/aromatic N) is 2. The van der Waals surface area contributed by atoms with Gasteiger partial charge in [-0.2, -0.15) is 5.26 Å². The van der Waals surface area contributed by atoms with Crippen molar-refractivity contribution < 1.29 is 4.79 Å². The monoisotopic (exact) mass is 452 g/mol. The maximum absolute atomic E-state index is 12.6. The second kappa shape index (κ2) is 12.2. The topological polar surface area (TPSA) is 104 Å². The van der Waals surface area contributed by atoms with E-state index in [1.54, 1.807) is 29.2 Å². The first-order valence-corrected chi connectivity index (χ1v) is 11.3. The third kappa shape index (κ3) is 6.79. The van der Waals surface area contributed by atoms with Gasteiger partial charge in [0.05, 0.1) is 11.8 Å². The van der Waals surface area contributed by atoms with E-state index in [0.717, 1.165) is 24.8 Å². The number of carbonyl (C=O) groups excluding carboxylic acids is 1. The van der Waals surface area contributed by atoms with Gasteiger partial charge in [-0.3, -0.25) is 20.7 Å². The van der Waals surface area contributed by atoms with Crippen molar-refractivity contribution in [3.8, 4) is 6.19 Å². The summed E-state index contributed by atoms with van der Waals surface area (Å²) in [5.74, 6) is 0.0589. The lowest BCUT2D eigenvalue weighted by Gasteiger charge is -2.36. The zero-order chi connectivity index (χ0) is 22.8. The molecule has 0 aromatic heterocycles. The lowest BCUT2D eigenvalue weighted by molar-refractivity contribution is -0.134. The van der Waals surface area contributed by atoms with Gasteiger partial charge in [-0.05, 0) is 42.5 Å². The summed E-state index contributed by atoms with van der Waals surface area (Å²) in [4.78, 5) is 14.4. The van der Waals surface area contributed by atoms with E-state index in [-0.39, 0.29) is 5.91 Å². The Kier molecular flexibility index (Phi) is 9.05. The fraction of sp³-hybridized carbons (Fsp3) is 0.375. The van der Waals surface area contributed by atoms with Crippen molar-refractivity contribution in [1.82, 2.24) is 20.9 Å². The number of nitriles is 1. The molecule has 3 rings (SSSR count). The summed E-state index contributed by atoms with van der Waals surface area (Å²) in [6, 6.07) is 16.8. The number of carbonyl (C=O) groups is 1. The van der Waals surface area contributed by atoms with Crippen LogP contribution < -0.4 is 16.0 Å². The number of halogens is 1. The van der Waals surface area contributed by atoms with Crippen molar-refractivity contribution in [2.45, 2.75) is 38.0 Å². The van der Waals surface area contributed by atoms with E-state index in [2.05, 4.69) is 28.1 Å². The number of rotatable bonds is 11. The Morgan fingerprint density at radius 3 is 2.56 bits per heavy atom. The molecule has 0 radical (unpaired) electrons. The predicted molar refractivity (Wildman–Crippen MR) is 126 cm³/mol. The van der Waals surface area contributed by atoms with Crippen molar-refractivity contribution in [1.29, 1.82) is 10.7 Å². The second-order valence-corrected chi connectivity index (χ2v) is 8.20. The Labute approximate surface area is 194 Å². The molecule has 168 valence electrons. The Morgan fingerprint density at radius 2 is 1.88 bits per heavy atom. The van der Waals surface area contributed by atoms with E-state index in [4.69, 9.17) is 22.3 Å². The summed E-state index contributed by atoms with van der Waals surface area (Å²) in [6.45, 7) is 1.63. The molecule has 32 heavy (non-hydrogen) atoms. The molecule has 0 spiro atoms. The molecule has 1 aliphatic rings. The van der Waals surface area contributed by atoms with Gasteiger partial charge in [-0.15, -0.1) is 0 Å². The normalized spacial score (nSPS) is 15.6. The first kappa shape index (κ1) is 23.7. The maximum atomic E-state index is 12.6. The molecule has 4 N–H and O–H groups in total. The van der Waals surface area contributed by atoms with Crippen molar-refractivity contribution >= 4 is 23.2 Å². The smallest absolute Gasteiger partial charge is 0.223 e. The molecular weight excluding hydrogens is 424 g/mol. The van der Waals surface area contributed by atoms with Gasteiger partial charge in [0.1, 0.15) is 6.29 Å². The Hall–Kier alpha value is -2.92. The molecule has 1 amide bonds. The molecule has 2 aromatic rings. The SMILES string of the molecule is N#CNC(NCCc1ccccc1)NCC(C(=N)c1ccc(Cl)cc1)N1CCCCC1=O. The van der Waals surface area contributed by atoms with Crippen LogP contribution in [0, 0.1) is 16.9 Å². The Bertz CT molecular complexity index is 928. The van der Waals surface area contributed by atoms with Crippen molar-refractivity contribution in [2.75, 3.05) is 19.6 Å². The molecule has 2 aromatic carbocycles. The molecule has 8 heteroatoms. The molecule has 0 aliphatic carbocycles. The van der Waals surface area contributed by atoms with Crippen LogP contribution in [0.15, 0.2) is 54.6 Å². The highest BCUT2D eigenvalue weighted by molar-refractivity contribution is 6.30. The quantitative estimate of drug-likeness (QED) is 0.182. The molecule has 1 saturated heterocycles. The molecule has 2 atom stereocenters. The van der Waals surface area contributed by atoms with Gasteiger partial charge in [0.2, 0.25) is 5.91 Å². The number of piperidine rings is 1. The van der Waals surface area contributed by atoms with Crippen LogP contribution in [0.3, 0.4) is 0 Å². The zero-order valence-corrected chi connectivity index (χ0v) is 18.7. The first-order valence-electron chi connectivity index (χ1n) is 10.9. The van der Waals surface area contributed by atoms with Crippen LogP contribution in [0.5, 0.6) is 0 Å². The summed E-state index contributed by atoms with van der Waals surface area (Å²) in [5, 5.41) is 27.8. The van der Waals surface area contributed by atoms with Gasteiger partial charge >= 0.3 is 0 Å². The first-order chi connectivity index (χ1) is 15.6. The molecule has 1 heterocycles. The average Bonchev–Trinajstić information content (AvgIpc) is 2.81. The van der Waals surface area contributed by atoms with Crippen LogP contribution in [0.4, 0.5) is 0 Å². The van der Waals surface area contributed by atoms with E-state index in [1.807, 2.05) is 24.4 Å². The minimum Gasteiger partial charge on any atom is -0.333 e. The number of nitrogens with one attached hydrogen (secondary N) is 4. The summed E-state index contributed by atoms with van der Waals surface area (Å²) in [6.07, 6.45) is 4.62. The highest BCUT2D eigenvalue weighted by Crippen LogP contribution is 2.18. The second-order valence-electron chi connectivity index (χ2n) is 7.77. The third-order valence-electron chi connectivity index (χ3n) is 5.55. The van der Waals surface area contributed by atoms with Crippen LogP contribution in [0.25, 0.3) is 0 Å². The van der Waals surface area contributed by atoms with Gasteiger partial charge in [0.15, 0.2) is 6.19 Å². The molecule has 7 nitrogen and oxygen atoms in total. The van der Waals surface area contributed by atoms with Crippen molar-refractivity contribution in [3.05, 3.63) is 70.7 Å². The van der Waals surface area contributed by atoms with E-state index < -0.39 is 12.3 Å². The molecule has 1 fully saturated rings. The highest BCUT2D eigenvalue weighted by atomic mass is 35.5. The summed E-state index contributed by atoms with van der Waals surface area (Å²) < 4.78 is 0. The number of likely N-dealkylation sites (tertiary alicyclic amines) is 1. The number of benzene rings is 2. The summed E-state index contributed by atoms with van der Waals surface area (Å²) in [7, 11) is 0. The van der Waals surface area contributed by atoms with Gasteiger partial charge in [0, 0.05) is 31.1 Å². The van der Waals surface area contributed by atoms with Gasteiger partial charge in [-0.1, -0.05) is 54.1 Å². The minimum atomic E-state index is -0.468. The van der Waals surface area contributed by atoms with Crippen LogP contribution in [0.1, 0.15) is 30.4 Å². The third-order valence-corrected chi connectivity index (χ3v) is 5.81. The van der Waals surface area contributed by atoms with Gasteiger partial charge < -0.3 is 10.3 Å². The summed E-state index contributed by atoms with van der Waals surface area (Å²) in [5.41, 5.74) is 2.28. The highest BCUT2D eigenvalue weighted by Gasteiger charge is 2.30. The fourth-order valence-electron chi connectivity index (χ4n) is 3.82. The fourth-order valence-corrected chi connectivity index (χ4v) is 3.95. The van der Waals surface area contributed by atoms with E-state index in [1.165, 1.54) is 5.56 Å². The van der Waals surface area contributed by atoms with E-state index >= 15 is 0 Å².